The van der Waals surface area contributed by atoms with Gasteiger partial charge in [0, 0.05) is 10.6 Å². The molecule has 0 atom stereocenters. The lowest BCUT2D eigenvalue weighted by Crippen LogP contribution is -2.10. The summed E-state index contributed by atoms with van der Waals surface area (Å²) in [5, 5.41) is 0. The summed E-state index contributed by atoms with van der Waals surface area (Å²) in [4.78, 5) is 5.24. The van der Waals surface area contributed by atoms with Crippen LogP contribution >= 0.6 is 59.6 Å². The SMILES string of the molecule is C=CCSc1c(Br)c(Br)nc(NN)c1Br. The van der Waals surface area contributed by atoms with Gasteiger partial charge in [-0.25, -0.2) is 10.8 Å². The van der Waals surface area contributed by atoms with E-state index in [0.29, 0.717) is 10.4 Å². The van der Waals surface area contributed by atoms with E-state index in [4.69, 9.17) is 5.84 Å². The Balaban J connectivity index is 3.20. The predicted octanol–water partition coefficient (Wildman–Crippen LogP) is 3.93. The minimum Gasteiger partial charge on any atom is -0.307 e. The Morgan fingerprint density at radius 1 is 1.40 bits per heavy atom. The van der Waals surface area contributed by atoms with Gasteiger partial charge in [0.1, 0.15) is 4.60 Å². The van der Waals surface area contributed by atoms with Crippen LogP contribution in [-0.4, -0.2) is 10.7 Å². The number of rotatable bonds is 4. The third kappa shape index (κ3) is 3.20. The van der Waals surface area contributed by atoms with Gasteiger partial charge in [0.05, 0.1) is 8.95 Å². The highest BCUT2D eigenvalue weighted by Gasteiger charge is 2.14. The van der Waals surface area contributed by atoms with E-state index >= 15 is 0 Å². The van der Waals surface area contributed by atoms with Gasteiger partial charge in [-0.1, -0.05) is 6.08 Å². The molecule has 0 aromatic carbocycles. The first-order valence-corrected chi connectivity index (χ1v) is 7.23. The summed E-state index contributed by atoms with van der Waals surface area (Å²) in [5.41, 5.74) is 2.53. The fourth-order valence-corrected chi connectivity index (χ4v) is 3.74. The lowest BCUT2D eigenvalue weighted by molar-refractivity contribution is 1.12. The maximum atomic E-state index is 5.36. The van der Waals surface area contributed by atoms with Crippen LogP contribution in [0, 0.1) is 0 Å². The second-order valence-corrected chi connectivity index (χ2v) is 5.82. The number of hydrogen-bond acceptors (Lipinski definition) is 4. The molecule has 0 saturated heterocycles. The Kier molecular flexibility index (Phi) is 5.62. The molecule has 15 heavy (non-hydrogen) atoms. The van der Waals surface area contributed by atoms with Crippen molar-refractivity contribution in [1.82, 2.24) is 4.98 Å². The second-order valence-electron chi connectivity index (χ2n) is 2.45. The molecule has 1 aromatic heterocycles. The Morgan fingerprint density at radius 3 is 2.60 bits per heavy atom. The van der Waals surface area contributed by atoms with E-state index in [2.05, 4.69) is 64.8 Å². The van der Waals surface area contributed by atoms with Gasteiger partial charge < -0.3 is 5.43 Å². The molecule has 7 heteroatoms. The van der Waals surface area contributed by atoms with Crippen LogP contribution in [0.15, 0.2) is 31.1 Å². The zero-order valence-electron chi connectivity index (χ0n) is 7.56. The molecule has 0 aliphatic heterocycles. The van der Waals surface area contributed by atoms with Gasteiger partial charge in [-0.2, -0.15) is 0 Å². The summed E-state index contributed by atoms with van der Waals surface area (Å²) in [6.07, 6.45) is 1.84. The highest BCUT2D eigenvalue weighted by molar-refractivity contribution is 9.13. The summed E-state index contributed by atoms with van der Waals surface area (Å²) in [6, 6.07) is 0. The molecule has 0 aliphatic rings. The number of nitrogens with zero attached hydrogens (tertiary/aromatic N) is 1. The molecule has 3 nitrogen and oxygen atoms in total. The molecular weight excluding hydrogens is 410 g/mol. The summed E-state index contributed by atoms with van der Waals surface area (Å²) in [6.45, 7) is 3.68. The van der Waals surface area contributed by atoms with Gasteiger partial charge in [-0.05, 0) is 47.8 Å². The molecule has 0 bridgehead atoms. The third-order valence-electron chi connectivity index (χ3n) is 1.48. The highest BCUT2D eigenvalue weighted by Crippen LogP contribution is 2.41. The molecule has 1 heterocycles. The molecule has 0 amide bonds. The van der Waals surface area contributed by atoms with Crippen LogP contribution in [0.1, 0.15) is 0 Å². The van der Waals surface area contributed by atoms with E-state index in [1.807, 2.05) is 6.08 Å². The first-order chi connectivity index (χ1) is 7.11. The van der Waals surface area contributed by atoms with E-state index in [-0.39, 0.29) is 0 Å². The van der Waals surface area contributed by atoms with Gasteiger partial charge in [0.25, 0.3) is 0 Å². The minimum atomic E-state index is 0.594. The summed E-state index contributed by atoms with van der Waals surface area (Å²) >= 11 is 11.9. The number of anilines is 1. The van der Waals surface area contributed by atoms with Crippen LogP contribution in [0.4, 0.5) is 5.82 Å². The number of hydrazine groups is 1. The molecule has 0 aliphatic carbocycles. The largest absolute Gasteiger partial charge is 0.307 e. The van der Waals surface area contributed by atoms with E-state index < -0.39 is 0 Å². The summed E-state index contributed by atoms with van der Waals surface area (Å²) in [5.74, 6) is 6.77. The minimum absolute atomic E-state index is 0.594. The second kappa shape index (κ2) is 6.24. The monoisotopic (exact) mass is 415 g/mol. The van der Waals surface area contributed by atoms with Crippen molar-refractivity contribution >= 4 is 65.4 Å². The van der Waals surface area contributed by atoms with Crippen molar-refractivity contribution < 1.29 is 0 Å². The first-order valence-electron chi connectivity index (χ1n) is 3.86. The van der Waals surface area contributed by atoms with E-state index in [9.17, 15) is 0 Å². The lowest BCUT2D eigenvalue weighted by Gasteiger charge is -2.11. The molecule has 1 rings (SSSR count). The topological polar surface area (TPSA) is 50.9 Å². The van der Waals surface area contributed by atoms with Crippen molar-refractivity contribution in [2.24, 2.45) is 5.84 Å². The molecule has 3 N–H and O–H groups in total. The number of pyridine rings is 1. The third-order valence-corrected chi connectivity index (χ3v) is 5.75. The number of halogens is 3. The summed E-state index contributed by atoms with van der Waals surface area (Å²) in [7, 11) is 0. The number of hydrogen-bond donors (Lipinski definition) is 2. The molecule has 82 valence electrons. The Bertz CT molecular complexity index is 384. The molecule has 0 radical (unpaired) electrons. The highest BCUT2D eigenvalue weighted by atomic mass is 79.9. The molecule has 0 unspecified atom stereocenters. The Hall–Kier alpha value is 0.440. The van der Waals surface area contributed by atoms with Gasteiger partial charge in [-0.3, -0.25) is 0 Å². The standard InChI is InChI=1S/C8H8Br3N3S/c1-2-3-15-6-4(9)7(11)13-8(14-12)5(6)10/h2H,1,3,12H2,(H,13,14). The molecular formula is C8H8Br3N3S. The Morgan fingerprint density at radius 2 is 2.07 bits per heavy atom. The maximum Gasteiger partial charge on any atom is 0.156 e. The van der Waals surface area contributed by atoms with Crippen molar-refractivity contribution in [3.8, 4) is 0 Å². The summed E-state index contributed by atoms with van der Waals surface area (Å²) < 4.78 is 2.46. The van der Waals surface area contributed by atoms with Crippen LogP contribution in [0.25, 0.3) is 0 Å². The van der Waals surface area contributed by atoms with Crippen molar-refractivity contribution in [1.29, 1.82) is 0 Å². The van der Waals surface area contributed by atoms with Gasteiger partial charge in [0.2, 0.25) is 0 Å². The maximum absolute atomic E-state index is 5.36. The Labute approximate surface area is 118 Å². The smallest absolute Gasteiger partial charge is 0.156 e. The van der Waals surface area contributed by atoms with Crippen molar-refractivity contribution in [3.63, 3.8) is 0 Å². The van der Waals surface area contributed by atoms with Crippen molar-refractivity contribution in [3.05, 3.63) is 26.2 Å². The molecule has 0 fully saturated rings. The zero-order chi connectivity index (χ0) is 11.4. The van der Waals surface area contributed by atoms with Crippen molar-refractivity contribution in [2.45, 2.75) is 4.90 Å². The average Bonchev–Trinajstić information content (AvgIpc) is 2.23. The number of aromatic nitrogens is 1. The van der Waals surface area contributed by atoms with Crippen LogP contribution in [0.2, 0.25) is 0 Å². The van der Waals surface area contributed by atoms with E-state index in [0.717, 1.165) is 19.6 Å². The number of thioether (sulfide) groups is 1. The first kappa shape index (κ1) is 13.5. The zero-order valence-corrected chi connectivity index (χ0v) is 13.1. The quantitative estimate of drug-likeness (QED) is 0.256. The fraction of sp³-hybridized carbons (Fsp3) is 0.125. The fourth-order valence-electron chi connectivity index (χ4n) is 0.859. The predicted molar refractivity (Wildman–Crippen MR) is 76.1 cm³/mol. The van der Waals surface area contributed by atoms with E-state index in [1.165, 1.54) is 0 Å². The van der Waals surface area contributed by atoms with Crippen molar-refractivity contribution in [2.75, 3.05) is 11.2 Å². The van der Waals surface area contributed by atoms with Crippen LogP contribution in [0.5, 0.6) is 0 Å². The van der Waals surface area contributed by atoms with Gasteiger partial charge in [-0.15, -0.1) is 18.3 Å². The lowest BCUT2D eigenvalue weighted by atomic mass is 10.5. The molecule has 0 spiro atoms. The number of nitrogens with one attached hydrogen (secondary N) is 1. The van der Waals surface area contributed by atoms with Crippen LogP contribution < -0.4 is 11.3 Å². The molecule has 1 aromatic rings. The number of nitrogen functional groups attached to an aromatic ring is 1. The van der Waals surface area contributed by atoms with Gasteiger partial charge in [0.15, 0.2) is 5.82 Å². The van der Waals surface area contributed by atoms with Crippen LogP contribution in [0.3, 0.4) is 0 Å². The normalized spacial score (nSPS) is 10.1. The molecule has 0 saturated carbocycles. The number of nitrogens with two attached hydrogens (primary N) is 1. The van der Waals surface area contributed by atoms with Gasteiger partial charge >= 0.3 is 0 Å². The average molecular weight is 418 g/mol. The van der Waals surface area contributed by atoms with E-state index in [1.54, 1.807) is 11.8 Å². The van der Waals surface area contributed by atoms with Crippen LogP contribution in [-0.2, 0) is 0 Å².